The zero-order chi connectivity index (χ0) is 14.6. The van der Waals surface area contributed by atoms with Crippen LogP contribution in [-0.4, -0.2) is 27.7 Å². The van der Waals surface area contributed by atoms with Crippen LogP contribution in [0.2, 0.25) is 0 Å². The first-order valence-corrected chi connectivity index (χ1v) is 7.42. The number of phenolic OH excluding ortho intramolecular Hbond substituents is 1. The first-order valence-electron chi connectivity index (χ1n) is 7.42. The van der Waals surface area contributed by atoms with Crippen LogP contribution in [-0.2, 0) is 11.2 Å². The van der Waals surface area contributed by atoms with Crippen LogP contribution in [0, 0.1) is 5.41 Å². The number of carboxylic acids is 1. The number of nitrogens with one attached hydrogen (secondary N) is 2. The summed E-state index contributed by atoms with van der Waals surface area (Å²) in [6.07, 6.45) is 3.27. The Labute approximate surface area is 122 Å². The van der Waals surface area contributed by atoms with Crippen molar-refractivity contribution in [1.82, 2.24) is 10.3 Å². The molecule has 1 aromatic carbocycles. The number of hydrogen-bond acceptors (Lipinski definition) is 3. The number of aromatic nitrogens is 1. The lowest BCUT2D eigenvalue weighted by Gasteiger charge is -2.45. The third-order valence-electron chi connectivity index (χ3n) is 5.16. The molecule has 1 atom stereocenters. The van der Waals surface area contributed by atoms with Gasteiger partial charge in [-0.25, -0.2) is 0 Å². The number of carbonyl (C=O) groups is 1. The lowest BCUT2D eigenvalue weighted by Crippen LogP contribution is -2.50. The van der Waals surface area contributed by atoms with Gasteiger partial charge in [0, 0.05) is 16.6 Å². The van der Waals surface area contributed by atoms with Crippen LogP contribution in [0.5, 0.6) is 5.75 Å². The van der Waals surface area contributed by atoms with E-state index in [0.717, 1.165) is 54.4 Å². The van der Waals surface area contributed by atoms with Crippen LogP contribution in [0.3, 0.4) is 0 Å². The summed E-state index contributed by atoms with van der Waals surface area (Å²) in [5.74, 6) is -0.462. The molecule has 5 nitrogen and oxygen atoms in total. The Bertz CT molecular complexity index is 730. The van der Waals surface area contributed by atoms with Crippen molar-refractivity contribution in [2.75, 3.05) is 6.54 Å². The van der Waals surface area contributed by atoms with Crippen LogP contribution < -0.4 is 5.32 Å². The molecule has 0 saturated heterocycles. The second kappa shape index (κ2) is 4.24. The minimum absolute atomic E-state index is 0.165. The molecule has 1 aliphatic heterocycles. The number of carboxylic acid groups (broad SMARTS) is 1. The Kier molecular flexibility index (Phi) is 2.57. The summed E-state index contributed by atoms with van der Waals surface area (Å²) in [6.45, 7) is 0.773. The third-order valence-corrected chi connectivity index (χ3v) is 5.16. The van der Waals surface area contributed by atoms with Crippen LogP contribution in [0.1, 0.15) is 36.6 Å². The molecule has 2 aromatic rings. The van der Waals surface area contributed by atoms with Gasteiger partial charge in [0.1, 0.15) is 5.75 Å². The van der Waals surface area contributed by atoms with Gasteiger partial charge in [-0.2, -0.15) is 0 Å². The lowest BCUT2D eigenvalue weighted by atomic mass is 9.62. The van der Waals surface area contributed by atoms with Gasteiger partial charge in [-0.3, -0.25) is 4.79 Å². The van der Waals surface area contributed by atoms with E-state index in [9.17, 15) is 15.0 Å². The van der Waals surface area contributed by atoms with Gasteiger partial charge in [-0.15, -0.1) is 0 Å². The highest BCUT2D eigenvalue weighted by Crippen LogP contribution is 2.52. The van der Waals surface area contributed by atoms with Gasteiger partial charge in [0.25, 0.3) is 0 Å². The van der Waals surface area contributed by atoms with E-state index in [1.54, 1.807) is 12.1 Å². The summed E-state index contributed by atoms with van der Waals surface area (Å²) in [5, 5.41) is 23.8. The fraction of sp³-hybridized carbons (Fsp3) is 0.438. The molecule has 0 spiro atoms. The quantitative estimate of drug-likeness (QED) is 0.682. The fourth-order valence-electron chi connectivity index (χ4n) is 3.87. The second-order valence-corrected chi connectivity index (χ2v) is 6.20. The normalized spacial score (nSPS) is 23.5. The van der Waals surface area contributed by atoms with Gasteiger partial charge in [-0.05, 0) is 49.6 Å². The number of benzene rings is 1. The maximum absolute atomic E-state index is 11.8. The molecule has 21 heavy (non-hydrogen) atoms. The van der Waals surface area contributed by atoms with Crippen LogP contribution in [0.15, 0.2) is 18.2 Å². The molecule has 4 N–H and O–H groups in total. The molecule has 0 radical (unpaired) electrons. The van der Waals surface area contributed by atoms with Crippen molar-refractivity contribution < 1.29 is 15.0 Å². The third kappa shape index (κ3) is 1.64. The van der Waals surface area contributed by atoms with Crippen LogP contribution in [0.4, 0.5) is 0 Å². The number of phenols is 1. The van der Waals surface area contributed by atoms with E-state index in [4.69, 9.17) is 0 Å². The van der Waals surface area contributed by atoms with Gasteiger partial charge in [-0.1, -0.05) is 6.42 Å². The Morgan fingerprint density at radius 1 is 1.33 bits per heavy atom. The summed E-state index contributed by atoms with van der Waals surface area (Å²) in [5.41, 5.74) is 2.42. The van der Waals surface area contributed by atoms with E-state index in [1.807, 2.05) is 6.07 Å². The predicted octanol–water partition coefficient (Wildman–Crippen LogP) is 2.32. The Morgan fingerprint density at radius 3 is 2.81 bits per heavy atom. The van der Waals surface area contributed by atoms with Crippen LogP contribution in [0.25, 0.3) is 10.9 Å². The molecule has 5 heteroatoms. The predicted molar refractivity (Wildman–Crippen MR) is 78.3 cm³/mol. The molecule has 0 bridgehead atoms. The fourth-order valence-corrected chi connectivity index (χ4v) is 3.87. The average Bonchev–Trinajstić information content (AvgIpc) is 2.76. The topological polar surface area (TPSA) is 85.4 Å². The van der Waals surface area contributed by atoms with Gasteiger partial charge < -0.3 is 20.5 Å². The minimum atomic E-state index is -0.708. The summed E-state index contributed by atoms with van der Waals surface area (Å²) in [4.78, 5) is 15.2. The van der Waals surface area contributed by atoms with Gasteiger partial charge in [0.15, 0.2) is 0 Å². The maximum atomic E-state index is 11.8. The molecular weight excluding hydrogens is 268 g/mol. The largest absolute Gasteiger partial charge is 0.508 e. The molecule has 1 aromatic heterocycles. The highest BCUT2D eigenvalue weighted by Gasteiger charge is 2.52. The van der Waals surface area contributed by atoms with Crippen molar-refractivity contribution >= 4 is 16.9 Å². The van der Waals surface area contributed by atoms with Crippen molar-refractivity contribution in [2.45, 2.75) is 31.7 Å². The zero-order valence-electron chi connectivity index (χ0n) is 11.6. The number of aliphatic carboxylic acids is 1. The summed E-state index contributed by atoms with van der Waals surface area (Å²) in [6, 6.07) is 5.11. The van der Waals surface area contributed by atoms with Crippen molar-refractivity contribution in [2.24, 2.45) is 5.41 Å². The Hall–Kier alpha value is -2.01. The molecule has 4 rings (SSSR count). The van der Waals surface area contributed by atoms with Crippen molar-refractivity contribution in [3.63, 3.8) is 0 Å². The minimum Gasteiger partial charge on any atom is -0.508 e. The van der Waals surface area contributed by atoms with E-state index < -0.39 is 11.4 Å². The number of rotatable bonds is 2. The monoisotopic (exact) mass is 286 g/mol. The number of H-pyrrole nitrogens is 1. The highest BCUT2D eigenvalue weighted by molar-refractivity contribution is 5.87. The van der Waals surface area contributed by atoms with Gasteiger partial charge in [0.05, 0.1) is 11.5 Å². The maximum Gasteiger partial charge on any atom is 0.311 e. The number of aromatic hydroxyl groups is 1. The molecule has 110 valence electrons. The van der Waals surface area contributed by atoms with Crippen LogP contribution >= 0.6 is 0 Å². The number of fused-ring (bicyclic) bond motifs is 3. The van der Waals surface area contributed by atoms with E-state index in [0.29, 0.717) is 0 Å². The molecule has 2 aliphatic rings. The van der Waals surface area contributed by atoms with E-state index in [1.165, 1.54) is 0 Å². The lowest BCUT2D eigenvalue weighted by molar-refractivity contribution is -0.158. The highest BCUT2D eigenvalue weighted by atomic mass is 16.4. The van der Waals surface area contributed by atoms with E-state index >= 15 is 0 Å². The van der Waals surface area contributed by atoms with Crippen molar-refractivity contribution in [3.8, 4) is 5.75 Å². The summed E-state index contributed by atoms with van der Waals surface area (Å²) >= 11 is 0. The first kappa shape index (κ1) is 12.7. The molecule has 2 heterocycles. The smallest absolute Gasteiger partial charge is 0.311 e. The van der Waals surface area contributed by atoms with Crippen molar-refractivity contribution in [1.29, 1.82) is 0 Å². The molecule has 1 fully saturated rings. The summed E-state index contributed by atoms with van der Waals surface area (Å²) in [7, 11) is 0. The van der Waals surface area contributed by atoms with Crippen molar-refractivity contribution in [3.05, 3.63) is 29.5 Å². The first-order chi connectivity index (χ1) is 10.1. The average molecular weight is 286 g/mol. The van der Waals surface area contributed by atoms with Gasteiger partial charge >= 0.3 is 5.97 Å². The SMILES string of the molecule is O=C(O)C1(C2NCCc3c2[nH]c2ccc(O)cc32)CCC1. The standard InChI is InChI=1S/C16H18N2O3/c19-9-2-3-12-11(8-9)10-4-7-17-14(13(10)18-12)16(15(20)21)5-1-6-16/h2-3,8,14,17-19H,1,4-7H2,(H,20,21). The zero-order valence-corrected chi connectivity index (χ0v) is 11.6. The second-order valence-electron chi connectivity index (χ2n) is 6.20. The molecular formula is C16H18N2O3. The Balaban J connectivity index is 1.88. The van der Waals surface area contributed by atoms with E-state index in [2.05, 4.69) is 10.3 Å². The van der Waals surface area contributed by atoms with E-state index in [-0.39, 0.29) is 11.8 Å². The molecule has 0 amide bonds. The molecule has 1 saturated carbocycles. The molecule has 1 unspecified atom stereocenters. The number of aromatic amines is 1. The molecule has 1 aliphatic carbocycles. The van der Waals surface area contributed by atoms with Gasteiger partial charge in [0.2, 0.25) is 0 Å². The Morgan fingerprint density at radius 2 is 2.14 bits per heavy atom. The summed E-state index contributed by atoms with van der Waals surface area (Å²) < 4.78 is 0. The number of hydrogen-bond donors (Lipinski definition) is 4.